The van der Waals surface area contributed by atoms with Crippen LogP contribution >= 0.6 is 0 Å². The fourth-order valence-electron chi connectivity index (χ4n) is 2.16. The van der Waals surface area contributed by atoms with Crippen LogP contribution in [0.1, 0.15) is 12.8 Å². The second kappa shape index (κ2) is 4.94. The molecule has 2 rings (SSSR count). The second-order valence-electron chi connectivity index (χ2n) is 4.77. The lowest BCUT2D eigenvalue weighted by Crippen LogP contribution is -2.45. The Labute approximate surface area is 91.6 Å². The van der Waals surface area contributed by atoms with Crippen molar-refractivity contribution in [1.82, 2.24) is 15.1 Å². The summed E-state index contributed by atoms with van der Waals surface area (Å²) in [5, 5.41) is 3.21. The van der Waals surface area contributed by atoms with E-state index in [1.54, 1.807) is 0 Å². The Hall–Kier alpha value is -0.610. The van der Waals surface area contributed by atoms with Crippen LogP contribution in [0.15, 0.2) is 0 Å². The summed E-state index contributed by atoms with van der Waals surface area (Å²) in [5.74, 6) is 0.954. The normalized spacial score (nSPS) is 24.7. The van der Waals surface area contributed by atoms with Crippen molar-refractivity contribution in [2.24, 2.45) is 5.92 Å². The van der Waals surface area contributed by atoms with E-state index in [9.17, 15) is 4.79 Å². The monoisotopic (exact) mass is 211 g/mol. The van der Waals surface area contributed by atoms with Gasteiger partial charge in [0.1, 0.15) is 0 Å². The Morgan fingerprint density at radius 3 is 2.73 bits per heavy atom. The largest absolute Gasteiger partial charge is 0.341 e. The highest BCUT2D eigenvalue weighted by Gasteiger charge is 2.24. The highest BCUT2D eigenvalue weighted by Crippen LogP contribution is 2.12. The van der Waals surface area contributed by atoms with Crippen LogP contribution in [-0.4, -0.2) is 62.0 Å². The van der Waals surface area contributed by atoms with Gasteiger partial charge in [-0.15, -0.1) is 0 Å². The molecule has 1 N–H and O–H groups in total. The topological polar surface area (TPSA) is 35.6 Å². The molecule has 0 aliphatic carbocycles. The van der Waals surface area contributed by atoms with E-state index < -0.39 is 0 Å². The van der Waals surface area contributed by atoms with Gasteiger partial charge in [-0.1, -0.05) is 0 Å². The first-order valence-corrected chi connectivity index (χ1v) is 5.93. The molecule has 2 fully saturated rings. The number of rotatable bonds is 2. The van der Waals surface area contributed by atoms with E-state index in [4.69, 9.17) is 0 Å². The van der Waals surface area contributed by atoms with Crippen molar-refractivity contribution in [2.75, 3.05) is 46.3 Å². The Morgan fingerprint density at radius 1 is 1.27 bits per heavy atom. The van der Waals surface area contributed by atoms with E-state index in [-0.39, 0.29) is 0 Å². The molecule has 0 aromatic rings. The lowest BCUT2D eigenvalue weighted by atomic mass is 9.98. The third kappa shape index (κ3) is 2.92. The SMILES string of the molecule is CN1CCCN(C(=O)CC2CNC2)CC1. The average molecular weight is 211 g/mol. The zero-order chi connectivity index (χ0) is 10.7. The number of hydrogen-bond donors (Lipinski definition) is 1. The van der Waals surface area contributed by atoms with Gasteiger partial charge in [-0.2, -0.15) is 0 Å². The smallest absolute Gasteiger partial charge is 0.222 e. The minimum absolute atomic E-state index is 0.358. The molecule has 0 saturated carbocycles. The van der Waals surface area contributed by atoms with Gasteiger partial charge in [0.15, 0.2) is 0 Å². The summed E-state index contributed by atoms with van der Waals surface area (Å²) < 4.78 is 0. The lowest BCUT2D eigenvalue weighted by Gasteiger charge is -2.29. The highest BCUT2D eigenvalue weighted by molar-refractivity contribution is 5.76. The van der Waals surface area contributed by atoms with E-state index in [0.717, 1.165) is 52.1 Å². The maximum atomic E-state index is 11.9. The zero-order valence-electron chi connectivity index (χ0n) is 9.54. The maximum Gasteiger partial charge on any atom is 0.222 e. The number of nitrogens with zero attached hydrogens (tertiary/aromatic N) is 2. The molecule has 2 heterocycles. The summed E-state index contributed by atoms with van der Waals surface area (Å²) in [4.78, 5) is 16.3. The number of nitrogens with one attached hydrogen (secondary N) is 1. The molecule has 4 heteroatoms. The molecule has 0 aromatic heterocycles. The number of hydrogen-bond acceptors (Lipinski definition) is 3. The molecule has 2 aliphatic heterocycles. The lowest BCUT2D eigenvalue weighted by molar-refractivity contribution is -0.132. The van der Waals surface area contributed by atoms with Crippen molar-refractivity contribution in [3.05, 3.63) is 0 Å². The second-order valence-corrected chi connectivity index (χ2v) is 4.77. The minimum Gasteiger partial charge on any atom is -0.341 e. The highest BCUT2D eigenvalue weighted by atomic mass is 16.2. The van der Waals surface area contributed by atoms with Crippen LogP contribution in [0.4, 0.5) is 0 Å². The molecule has 2 saturated heterocycles. The van der Waals surface area contributed by atoms with Crippen LogP contribution in [0, 0.1) is 5.92 Å². The summed E-state index contributed by atoms with van der Waals surface area (Å²) in [6.45, 7) is 6.06. The standard InChI is InChI=1S/C11H21N3O/c1-13-3-2-4-14(6-5-13)11(15)7-10-8-12-9-10/h10,12H,2-9H2,1H3. The summed E-state index contributed by atoms with van der Waals surface area (Å²) in [6.07, 6.45) is 1.86. The molecule has 0 bridgehead atoms. The van der Waals surface area contributed by atoms with Gasteiger partial charge in [0.25, 0.3) is 0 Å². The van der Waals surface area contributed by atoms with E-state index in [0.29, 0.717) is 11.8 Å². The van der Waals surface area contributed by atoms with Crippen molar-refractivity contribution in [3.63, 3.8) is 0 Å². The maximum absolute atomic E-state index is 11.9. The van der Waals surface area contributed by atoms with Gasteiger partial charge in [-0.05, 0) is 39.0 Å². The van der Waals surface area contributed by atoms with Gasteiger partial charge in [-0.3, -0.25) is 4.79 Å². The Balaban J connectivity index is 1.77. The van der Waals surface area contributed by atoms with Gasteiger partial charge in [0.2, 0.25) is 5.91 Å². The van der Waals surface area contributed by atoms with E-state index in [2.05, 4.69) is 17.3 Å². The minimum atomic E-state index is 0.358. The Kier molecular flexibility index (Phi) is 3.59. The van der Waals surface area contributed by atoms with Crippen LogP contribution in [0.3, 0.4) is 0 Å². The predicted octanol–water partition coefficient (Wildman–Crippen LogP) is -0.240. The average Bonchev–Trinajstić information content (AvgIpc) is 2.36. The van der Waals surface area contributed by atoms with Gasteiger partial charge in [0, 0.05) is 26.1 Å². The van der Waals surface area contributed by atoms with Crippen molar-refractivity contribution < 1.29 is 4.79 Å². The fourth-order valence-corrected chi connectivity index (χ4v) is 2.16. The van der Waals surface area contributed by atoms with Crippen LogP contribution in [0.2, 0.25) is 0 Å². The van der Waals surface area contributed by atoms with Crippen molar-refractivity contribution >= 4 is 5.91 Å². The summed E-state index contributed by atoms with van der Waals surface area (Å²) in [6, 6.07) is 0. The fraction of sp³-hybridized carbons (Fsp3) is 0.909. The number of likely N-dealkylation sites (N-methyl/N-ethyl adjacent to an activating group) is 1. The summed E-state index contributed by atoms with van der Waals surface area (Å²) in [7, 11) is 2.13. The summed E-state index contributed by atoms with van der Waals surface area (Å²) in [5.41, 5.74) is 0. The van der Waals surface area contributed by atoms with Crippen LogP contribution in [-0.2, 0) is 4.79 Å². The van der Waals surface area contributed by atoms with Gasteiger partial charge in [-0.25, -0.2) is 0 Å². The molecule has 2 aliphatic rings. The van der Waals surface area contributed by atoms with E-state index in [1.807, 2.05) is 4.90 Å². The quantitative estimate of drug-likeness (QED) is 0.685. The molecule has 1 amide bonds. The van der Waals surface area contributed by atoms with Crippen LogP contribution in [0.5, 0.6) is 0 Å². The zero-order valence-corrected chi connectivity index (χ0v) is 9.54. The molecule has 0 unspecified atom stereocenters. The van der Waals surface area contributed by atoms with E-state index >= 15 is 0 Å². The third-order valence-electron chi connectivity index (χ3n) is 3.40. The van der Waals surface area contributed by atoms with Crippen molar-refractivity contribution in [2.45, 2.75) is 12.8 Å². The number of carbonyl (C=O) groups excluding carboxylic acids is 1. The molecular formula is C11H21N3O. The first kappa shape index (κ1) is 10.9. The predicted molar refractivity (Wildman–Crippen MR) is 59.7 cm³/mol. The van der Waals surface area contributed by atoms with Crippen LogP contribution in [0.25, 0.3) is 0 Å². The number of carbonyl (C=O) groups is 1. The molecule has 4 nitrogen and oxygen atoms in total. The van der Waals surface area contributed by atoms with Gasteiger partial charge < -0.3 is 15.1 Å². The third-order valence-corrected chi connectivity index (χ3v) is 3.40. The Morgan fingerprint density at radius 2 is 2.07 bits per heavy atom. The van der Waals surface area contributed by atoms with Gasteiger partial charge in [0.05, 0.1) is 0 Å². The molecule has 0 atom stereocenters. The number of amides is 1. The molecule has 0 radical (unpaired) electrons. The molecule has 86 valence electrons. The molecule has 15 heavy (non-hydrogen) atoms. The van der Waals surface area contributed by atoms with E-state index in [1.165, 1.54) is 0 Å². The van der Waals surface area contributed by atoms with Crippen molar-refractivity contribution in [3.8, 4) is 0 Å². The molecule has 0 spiro atoms. The van der Waals surface area contributed by atoms with Gasteiger partial charge >= 0.3 is 0 Å². The van der Waals surface area contributed by atoms with Crippen molar-refractivity contribution in [1.29, 1.82) is 0 Å². The Bertz CT molecular complexity index is 228. The first-order valence-electron chi connectivity index (χ1n) is 5.93. The molecular weight excluding hydrogens is 190 g/mol. The first-order chi connectivity index (χ1) is 7.25. The molecule has 0 aromatic carbocycles. The summed E-state index contributed by atoms with van der Waals surface area (Å²) >= 11 is 0. The van der Waals surface area contributed by atoms with Crippen LogP contribution < -0.4 is 5.32 Å².